The van der Waals surface area contributed by atoms with Crippen molar-refractivity contribution in [2.24, 2.45) is 0 Å². The first kappa shape index (κ1) is 16.3. The number of anilines is 1. The van der Waals surface area contributed by atoms with Crippen LogP contribution in [0.4, 0.5) is 14.5 Å². The minimum Gasteiger partial charge on any atom is -0.467 e. The summed E-state index contributed by atoms with van der Waals surface area (Å²) in [6.07, 6.45) is 0. The van der Waals surface area contributed by atoms with Gasteiger partial charge in [0, 0.05) is 0 Å². The van der Waals surface area contributed by atoms with Crippen LogP contribution in [-0.4, -0.2) is 45.0 Å². The number of hydrogen-bond acceptors (Lipinski definition) is 6. The van der Waals surface area contributed by atoms with Gasteiger partial charge in [-0.05, 0) is 12.1 Å². The lowest BCUT2D eigenvalue weighted by molar-refractivity contribution is -0.142. The fourth-order valence-corrected chi connectivity index (χ4v) is 2.33. The number of sulfone groups is 1. The fraction of sp³-hybridized carbons (Fsp3) is 0.364. The highest BCUT2D eigenvalue weighted by Crippen LogP contribution is 2.26. The van der Waals surface area contributed by atoms with Crippen molar-refractivity contribution in [3.63, 3.8) is 0 Å². The van der Waals surface area contributed by atoms with Crippen LogP contribution in [-0.2, 0) is 19.4 Å². The molecular formula is C11H13F2NO5S. The van der Waals surface area contributed by atoms with Gasteiger partial charge in [0.1, 0.15) is 6.04 Å². The smallest absolute Gasteiger partial charge is 0.341 e. The van der Waals surface area contributed by atoms with Crippen LogP contribution in [0.25, 0.3) is 0 Å². The summed E-state index contributed by atoms with van der Waals surface area (Å²) in [6.45, 7) is -0.685. The Balaban J connectivity index is 3.18. The van der Waals surface area contributed by atoms with E-state index in [-0.39, 0.29) is 5.69 Å². The molecule has 2 N–H and O–H groups in total. The molecule has 0 amide bonds. The number of ether oxygens (including phenoxy) is 1. The van der Waals surface area contributed by atoms with Gasteiger partial charge in [0.2, 0.25) is 9.84 Å². The summed E-state index contributed by atoms with van der Waals surface area (Å²) in [5, 5.41) is 11.4. The first-order valence-electron chi connectivity index (χ1n) is 5.41. The van der Waals surface area contributed by atoms with Crippen molar-refractivity contribution < 1.29 is 31.8 Å². The number of nitrogens with one attached hydrogen (secondary N) is 1. The van der Waals surface area contributed by atoms with Gasteiger partial charge in [-0.3, -0.25) is 0 Å². The number of methoxy groups -OCH3 is 1. The highest BCUT2D eigenvalue weighted by atomic mass is 32.2. The molecule has 0 radical (unpaired) electrons. The highest BCUT2D eigenvalue weighted by Gasteiger charge is 2.30. The van der Waals surface area contributed by atoms with Gasteiger partial charge in [0.25, 0.3) is 0 Å². The number of halogens is 2. The van der Waals surface area contributed by atoms with Crippen molar-refractivity contribution in [2.45, 2.75) is 16.7 Å². The number of hydrogen-bond donors (Lipinski definition) is 2. The Kier molecular flexibility index (Phi) is 5.40. The topological polar surface area (TPSA) is 92.7 Å². The molecule has 0 aliphatic heterocycles. The number of esters is 1. The predicted octanol–water partition coefficient (Wildman–Crippen LogP) is 0.629. The Bertz CT molecular complexity index is 576. The Hall–Kier alpha value is -1.74. The number of alkyl halides is 2. The van der Waals surface area contributed by atoms with E-state index in [9.17, 15) is 22.0 Å². The maximum atomic E-state index is 12.6. The van der Waals surface area contributed by atoms with Gasteiger partial charge in [0.15, 0.2) is 0 Å². The van der Waals surface area contributed by atoms with E-state index in [0.717, 1.165) is 13.2 Å². The van der Waals surface area contributed by atoms with Crippen LogP contribution in [0.5, 0.6) is 0 Å². The molecule has 0 saturated heterocycles. The van der Waals surface area contributed by atoms with E-state index in [2.05, 4.69) is 10.1 Å². The van der Waals surface area contributed by atoms with E-state index >= 15 is 0 Å². The molecule has 0 fully saturated rings. The Morgan fingerprint density at radius 1 is 1.40 bits per heavy atom. The van der Waals surface area contributed by atoms with Gasteiger partial charge in [-0.2, -0.15) is 8.78 Å². The number of para-hydroxylation sites is 1. The Labute approximate surface area is 114 Å². The molecule has 0 aromatic heterocycles. The zero-order valence-corrected chi connectivity index (χ0v) is 11.2. The third-order valence-corrected chi connectivity index (χ3v) is 3.86. The van der Waals surface area contributed by atoms with Crippen molar-refractivity contribution in [1.29, 1.82) is 0 Å². The van der Waals surface area contributed by atoms with Crippen LogP contribution >= 0.6 is 0 Å². The number of carbonyl (C=O) groups is 1. The van der Waals surface area contributed by atoms with Crippen molar-refractivity contribution >= 4 is 21.5 Å². The zero-order chi connectivity index (χ0) is 15.3. The lowest BCUT2D eigenvalue weighted by atomic mass is 10.2. The monoisotopic (exact) mass is 309 g/mol. The molecule has 0 heterocycles. The van der Waals surface area contributed by atoms with E-state index in [1.54, 1.807) is 0 Å². The van der Waals surface area contributed by atoms with Crippen LogP contribution in [0.15, 0.2) is 29.2 Å². The van der Waals surface area contributed by atoms with Gasteiger partial charge < -0.3 is 15.2 Å². The average molecular weight is 309 g/mol. The standard InChI is InChI=1S/C11H13F2NO5S/c1-19-10(16)8(6-15)14-7-4-2-3-5-9(7)20(17,18)11(12)13/h2-5,8,11,14-15H,6H2,1H3. The molecule has 1 rings (SSSR count). The second-order valence-corrected chi connectivity index (χ2v) is 5.59. The summed E-state index contributed by atoms with van der Waals surface area (Å²) in [7, 11) is -3.75. The molecule has 9 heteroatoms. The van der Waals surface area contributed by atoms with E-state index in [4.69, 9.17) is 5.11 Å². The summed E-state index contributed by atoms with van der Waals surface area (Å²) in [5.74, 6) is -4.44. The number of aliphatic hydroxyl groups is 1. The molecule has 1 aromatic carbocycles. The zero-order valence-electron chi connectivity index (χ0n) is 10.4. The maximum absolute atomic E-state index is 12.6. The normalized spacial score (nSPS) is 13.1. The average Bonchev–Trinajstić information content (AvgIpc) is 2.44. The van der Waals surface area contributed by atoms with Crippen LogP contribution < -0.4 is 5.32 Å². The Morgan fingerprint density at radius 2 is 2.00 bits per heavy atom. The van der Waals surface area contributed by atoms with Crippen LogP contribution in [0.1, 0.15) is 0 Å². The van der Waals surface area contributed by atoms with Crippen molar-refractivity contribution in [3.05, 3.63) is 24.3 Å². The van der Waals surface area contributed by atoms with Crippen molar-refractivity contribution in [1.82, 2.24) is 0 Å². The predicted molar refractivity (Wildman–Crippen MR) is 66.1 cm³/mol. The molecule has 1 unspecified atom stereocenters. The summed E-state index contributed by atoms with van der Waals surface area (Å²) in [5.41, 5.74) is -0.211. The minimum atomic E-state index is -4.82. The number of carbonyl (C=O) groups excluding carboxylic acids is 1. The largest absolute Gasteiger partial charge is 0.467 e. The Morgan fingerprint density at radius 3 is 2.50 bits per heavy atom. The van der Waals surface area contributed by atoms with Gasteiger partial charge in [-0.1, -0.05) is 12.1 Å². The van der Waals surface area contributed by atoms with Crippen LogP contribution in [0.3, 0.4) is 0 Å². The van der Waals surface area contributed by atoms with Gasteiger partial charge in [-0.15, -0.1) is 0 Å². The second kappa shape index (κ2) is 6.62. The van der Waals surface area contributed by atoms with Gasteiger partial charge in [0.05, 0.1) is 24.3 Å². The number of aliphatic hydroxyl groups excluding tert-OH is 1. The molecule has 1 aromatic rings. The van der Waals surface area contributed by atoms with Crippen molar-refractivity contribution in [3.8, 4) is 0 Å². The molecule has 0 saturated carbocycles. The molecule has 0 aliphatic carbocycles. The molecule has 1 atom stereocenters. The second-order valence-electron chi connectivity index (χ2n) is 3.70. The summed E-state index contributed by atoms with van der Waals surface area (Å²) < 4.78 is 52.5. The molecule has 6 nitrogen and oxygen atoms in total. The molecule has 20 heavy (non-hydrogen) atoms. The lowest BCUT2D eigenvalue weighted by Gasteiger charge is -2.17. The maximum Gasteiger partial charge on any atom is 0.341 e. The summed E-state index contributed by atoms with van der Waals surface area (Å²) >= 11 is 0. The highest BCUT2D eigenvalue weighted by molar-refractivity contribution is 7.91. The quantitative estimate of drug-likeness (QED) is 0.749. The SMILES string of the molecule is COC(=O)C(CO)Nc1ccccc1S(=O)(=O)C(F)F. The third kappa shape index (κ3) is 3.42. The molecule has 0 spiro atoms. The van der Waals surface area contributed by atoms with E-state index in [1.165, 1.54) is 18.2 Å². The lowest BCUT2D eigenvalue weighted by Crippen LogP contribution is -2.34. The van der Waals surface area contributed by atoms with E-state index in [0.29, 0.717) is 0 Å². The molecular weight excluding hydrogens is 296 g/mol. The summed E-state index contributed by atoms with van der Waals surface area (Å²) in [6, 6.07) is 3.61. The fourth-order valence-electron chi connectivity index (χ4n) is 1.44. The van der Waals surface area contributed by atoms with Crippen molar-refractivity contribution in [2.75, 3.05) is 19.0 Å². The van der Waals surface area contributed by atoms with E-state index < -0.39 is 39.1 Å². The van der Waals surface area contributed by atoms with Crippen LogP contribution in [0.2, 0.25) is 0 Å². The number of rotatable bonds is 6. The minimum absolute atomic E-state index is 0.211. The first-order valence-corrected chi connectivity index (χ1v) is 6.95. The van der Waals surface area contributed by atoms with Crippen LogP contribution in [0, 0.1) is 0 Å². The third-order valence-electron chi connectivity index (χ3n) is 2.43. The van der Waals surface area contributed by atoms with Gasteiger partial charge >= 0.3 is 11.7 Å². The number of benzene rings is 1. The van der Waals surface area contributed by atoms with Gasteiger partial charge in [-0.25, -0.2) is 13.2 Å². The molecule has 0 aliphatic rings. The summed E-state index contributed by atoms with van der Waals surface area (Å²) in [4.78, 5) is 10.6. The molecule has 112 valence electrons. The first-order chi connectivity index (χ1) is 9.34. The molecule has 0 bridgehead atoms. The van der Waals surface area contributed by atoms with E-state index in [1.807, 2.05) is 0 Å².